The van der Waals surface area contributed by atoms with Gasteiger partial charge in [0.05, 0.1) is 24.8 Å². The first-order valence-electron chi connectivity index (χ1n) is 14.2. The van der Waals surface area contributed by atoms with Gasteiger partial charge in [0.2, 0.25) is 0 Å². The number of hydrogen-bond donors (Lipinski definition) is 2. The Hall–Kier alpha value is -3.24. The quantitative estimate of drug-likeness (QED) is 0.208. The molecule has 0 atom stereocenters. The molecule has 0 saturated carbocycles. The highest BCUT2D eigenvalue weighted by atomic mass is 35.5. The molecule has 0 spiro atoms. The van der Waals surface area contributed by atoms with E-state index < -0.39 is 5.82 Å². The summed E-state index contributed by atoms with van der Waals surface area (Å²) >= 11 is 6.77. The fraction of sp³-hybridized carbons (Fsp3) is 0.419. The number of benzene rings is 3. The standard InChI is InChI=1S/C31H37ClFN5O3/c1-37(11-6-2-5-10-34)12-7-15-41-31-35-29-25(30(36-31)38-13-16-40-17-14-38)20-26(32)27(28(29)33)24-19-22(39)18-21-8-3-4-9-23(21)24/h3-4,8-9,18-20,39H,2,5-7,10-17,34H2,1H3. The minimum Gasteiger partial charge on any atom is -0.508 e. The molecule has 0 amide bonds. The van der Waals surface area contributed by atoms with E-state index in [4.69, 9.17) is 31.8 Å². The lowest BCUT2D eigenvalue weighted by Gasteiger charge is -2.29. The maximum atomic E-state index is 16.5. The zero-order chi connectivity index (χ0) is 28.8. The molecule has 3 aromatic carbocycles. The number of fused-ring (bicyclic) bond motifs is 2. The van der Waals surface area contributed by atoms with Crippen LogP contribution in [0.4, 0.5) is 10.2 Å². The number of halogens is 2. The molecule has 0 bridgehead atoms. The lowest BCUT2D eigenvalue weighted by Crippen LogP contribution is -2.37. The molecular weight excluding hydrogens is 545 g/mol. The SMILES string of the molecule is CN(CCCCCN)CCCOc1nc(N2CCOCC2)c2cc(Cl)c(-c3cc(O)cc4ccccc34)c(F)c2n1. The molecule has 1 saturated heterocycles. The second kappa shape index (κ2) is 13.6. The number of nitrogens with zero attached hydrogens (tertiary/aromatic N) is 4. The van der Waals surface area contributed by atoms with E-state index >= 15 is 4.39 Å². The van der Waals surface area contributed by atoms with Crippen molar-refractivity contribution in [3.05, 3.63) is 53.3 Å². The summed E-state index contributed by atoms with van der Waals surface area (Å²) in [4.78, 5) is 13.6. The second-order valence-corrected chi connectivity index (χ2v) is 10.8. The van der Waals surface area contributed by atoms with Crippen molar-refractivity contribution in [1.29, 1.82) is 0 Å². The van der Waals surface area contributed by atoms with E-state index in [0.29, 0.717) is 49.7 Å². The normalized spacial score (nSPS) is 13.9. The number of ether oxygens (including phenoxy) is 2. The smallest absolute Gasteiger partial charge is 0.319 e. The van der Waals surface area contributed by atoms with Crippen molar-refractivity contribution in [2.75, 3.05) is 64.5 Å². The van der Waals surface area contributed by atoms with E-state index in [1.807, 2.05) is 24.3 Å². The van der Waals surface area contributed by atoms with E-state index in [1.54, 1.807) is 12.1 Å². The van der Waals surface area contributed by atoms with Crippen LogP contribution in [0.15, 0.2) is 42.5 Å². The molecule has 4 aromatic rings. The van der Waals surface area contributed by atoms with Crippen molar-refractivity contribution in [2.45, 2.75) is 25.7 Å². The summed E-state index contributed by atoms with van der Waals surface area (Å²) < 4.78 is 28.0. The van der Waals surface area contributed by atoms with Crippen molar-refractivity contribution in [2.24, 2.45) is 5.73 Å². The molecule has 1 aliphatic rings. The van der Waals surface area contributed by atoms with Gasteiger partial charge in [-0.3, -0.25) is 0 Å². The number of phenolic OH excluding ortho intramolecular Hbond substituents is 1. The predicted octanol–water partition coefficient (Wildman–Crippen LogP) is 5.61. The Bertz CT molecular complexity index is 1500. The minimum atomic E-state index is -0.581. The Morgan fingerprint density at radius 1 is 1.05 bits per heavy atom. The number of anilines is 1. The Balaban J connectivity index is 1.47. The summed E-state index contributed by atoms with van der Waals surface area (Å²) in [6, 6.07) is 12.5. The van der Waals surface area contributed by atoms with Crippen molar-refractivity contribution in [1.82, 2.24) is 14.9 Å². The van der Waals surface area contributed by atoms with Crippen molar-refractivity contribution in [3.8, 4) is 22.9 Å². The first-order chi connectivity index (χ1) is 20.0. The van der Waals surface area contributed by atoms with Crippen LogP contribution in [-0.2, 0) is 4.74 Å². The first kappa shape index (κ1) is 29.3. The number of phenols is 1. The molecule has 8 nitrogen and oxygen atoms in total. The van der Waals surface area contributed by atoms with E-state index in [0.717, 1.165) is 56.1 Å². The van der Waals surface area contributed by atoms with Crippen molar-refractivity contribution >= 4 is 39.1 Å². The van der Waals surface area contributed by atoms with Crippen LogP contribution in [0, 0.1) is 5.82 Å². The van der Waals surface area contributed by atoms with Gasteiger partial charge in [-0.25, -0.2) is 4.39 Å². The molecular formula is C31H37ClFN5O3. The molecule has 41 heavy (non-hydrogen) atoms. The maximum absolute atomic E-state index is 16.5. The van der Waals surface area contributed by atoms with Crippen LogP contribution in [0.2, 0.25) is 5.02 Å². The lowest BCUT2D eigenvalue weighted by atomic mass is 9.96. The first-order valence-corrected chi connectivity index (χ1v) is 14.6. The van der Waals surface area contributed by atoms with Gasteiger partial charge in [-0.1, -0.05) is 42.3 Å². The Morgan fingerprint density at radius 2 is 1.83 bits per heavy atom. The number of morpholine rings is 1. The highest BCUT2D eigenvalue weighted by Crippen LogP contribution is 2.42. The van der Waals surface area contributed by atoms with Gasteiger partial charge in [-0.15, -0.1) is 0 Å². The average Bonchev–Trinajstić information content (AvgIpc) is 2.98. The number of rotatable bonds is 12. The van der Waals surface area contributed by atoms with Crippen LogP contribution >= 0.6 is 11.6 Å². The molecule has 5 rings (SSSR count). The number of aromatic nitrogens is 2. The average molecular weight is 582 g/mol. The number of unbranched alkanes of at least 4 members (excludes halogenated alkanes) is 2. The fourth-order valence-electron chi connectivity index (χ4n) is 5.30. The predicted molar refractivity (Wildman–Crippen MR) is 163 cm³/mol. The summed E-state index contributed by atoms with van der Waals surface area (Å²) in [7, 11) is 2.09. The Labute approximate surface area is 244 Å². The van der Waals surface area contributed by atoms with Crippen LogP contribution < -0.4 is 15.4 Å². The third-order valence-corrected chi connectivity index (χ3v) is 7.73. The summed E-state index contributed by atoms with van der Waals surface area (Å²) in [6.07, 6.45) is 4.07. The third-order valence-electron chi connectivity index (χ3n) is 7.43. The van der Waals surface area contributed by atoms with Crippen LogP contribution in [0.3, 0.4) is 0 Å². The van der Waals surface area contributed by atoms with Gasteiger partial charge in [0, 0.05) is 30.6 Å². The topological polar surface area (TPSA) is 97.0 Å². The second-order valence-electron chi connectivity index (χ2n) is 10.4. The molecule has 1 fully saturated rings. The summed E-state index contributed by atoms with van der Waals surface area (Å²) in [6.45, 7) is 5.31. The molecule has 2 heterocycles. The van der Waals surface area contributed by atoms with Gasteiger partial charge in [0.25, 0.3) is 0 Å². The fourth-order valence-corrected chi connectivity index (χ4v) is 5.60. The Morgan fingerprint density at radius 3 is 2.63 bits per heavy atom. The van der Waals surface area contributed by atoms with Crippen LogP contribution in [0.1, 0.15) is 25.7 Å². The van der Waals surface area contributed by atoms with Gasteiger partial charge < -0.3 is 30.1 Å². The number of nitrogens with two attached hydrogens (primary N) is 1. The molecule has 0 aliphatic carbocycles. The highest BCUT2D eigenvalue weighted by molar-refractivity contribution is 6.35. The summed E-state index contributed by atoms with van der Waals surface area (Å²) in [5.74, 6) is 0.0139. The van der Waals surface area contributed by atoms with Crippen LogP contribution in [0.25, 0.3) is 32.8 Å². The molecule has 218 valence electrons. The number of hydrogen-bond acceptors (Lipinski definition) is 8. The minimum absolute atomic E-state index is 0.0272. The van der Waals surface area contributed by atoms with E-state index in [-0.39, 0.29) is 27.9 Å². The molecule has 10 heteroatoms. The Kier molecular flexibility index (Phi) is 9.72. The van der Waals surface area contributed by atoms with Gasteiger partial charge >= 0.3 is 6.01 Å². The lowest BCUT2D eigenvalue weighted by molar-refractivity contribution is 0.122. The van der Waals surface area contributed by atoms with Gasteiger partial charge in [0.1, 0.15) is 17.1 Å². The zero-order valence-electron chi connectivity index (χ0n) is 23.4. The zero-order valence-corrected chi connectivity index (χ0v) is 24.2. The van der Waals surface area contributed by atoms with Crippen LogP contribution in [0.5, 0.6) is 11.8 Å². The maximum Gasteiger partial charge on any atom is 0.319 e. The van der Waals surface area contributed by atoms with Crippen molar-refractivity contribution in [3.63, 3.8) is 0 Å². The third kappa shape index (κ3) is 6.81. The van der Waals surface area contributed by atoms with Gasteiger partial charge in [-0.2, -0.15) is 9.97 Å². The summed E-state index contributed by atoms with van der Waals surface area (Å²) in [5, 5.41) is 12.7. The van der Waals surface area contributed by atoms with Crippen molar-refractivity contribution < 1.29 is 19.0 Å². The van der Waals surface area contributed by atoms with E-state index in [2.05, 4.69) is 21.8 Å². The van der Waals surface area contributed by atoms with Crippen LogP contribution in [-0.4, -0.2) is 79.6 Å². The molecule has 1 aliphatic heterocycles. The molecule has 1 aromatic heterocycles. The number of aromatic hydroxyl groups is 1. The largest absolute Gasteiger partial charge is 0.508 e. The molecule has 0 radical (unpaired) electrons. The highest BCUT2D eigenvalue weighted by Gasteiger charge is 2.24. The van der Waals surface area contributed by atoms with E-state index in [1.165, 1.54) is 6.07 Å². The monoisotopic (exact) mass is 581 g/mol. The summed E-state index contributed by atoms with van der Waals surface area (Å²) in [5.41, 5.74) is 6.38. The van der Waals surface area contributed by atoms with Gasteiger partial charge in [0.15, 0.2) is 5.82 Å². The van der Waals surface area contributed by atoms with Gasteiger partial charge in [-0.05, 0) is 73.9 Å². The molecule has 0 unspecified atom stereocenters. The molecule has 3 N–H and O–H groups in total. The van der Waals surface area contributed by atoms with E-state index in [9.17, 15) is 5.11 Å².